The van der Waals surface area contributed by atoms with Crippen LogP contribution in [0.15, 0.2) is 66.9 Å². The van der Waals surface area contributed by atoms with Gasteiger partial charge in [-0.05, 0) is 49.7 Å². The van der Waals surface area contributed by atoms with Crippen LogP contribution in [0.4, 0.5) is 18.9 Å². The van der Waals surface area contributed by atoms with E-state index in [1.54, 1.807) is 12.1 Å². The predicted molar refractivity (Wildman–Crippen MR) is 118 cm³/mol. The van der Waals surface area contributed by atoms with Crippen LogP contribution in [0, 0.1) is 13.8 Å². The van der Waals surface area contributed by atoms with Crippen LogP contribution in [0.2, 0.25) is 0 Å². The normalized spacial score (nSPS) is 14.9. The highest BCUT2D eigenvalue weighted by molar-refractivity contribution is 6.24. The highest BCUT2D eigenvalue weighted by Gasteiger charge is 2.31. The summed E-state index contributed by atoms with van der Waals surface area (Å²) in [4.78, 5) is 6.62. The molecule has 0 amide bonds. The molecule has 0 saturated carbocycles. The van der Waals surface area contributed by atoms with Gasteiger partial charge < -0.3 is 4.98 Å². The quantitative estimate of drug-likeness (QED) is 0.428. The molecular formula is C26H20F3N2+. The summed E-state index contributed by atoms with van der Waals surface area (Å²) in [6, 6.07) is 17.7. The van der Waals surface area contributed by atoms with Gasteiger partial charge in [0.15, 0.2) is 6.21 Å². The van der Waals surface area contributed by atoms with Gasteiger partial charge in [-0.1, -0.05) is 35.4 Å². The van der Waals surface area contributed by atoms with Gasteiger partial charge in [-0.25, -0.2) is 4.99 Å². The van der Waals surface area contributed by atoms with E-state index in [9.17, 15) is 13.2 Å². The van der Waals surface area contributed by atoms with Gasteiger partial charge in [0, 0.05) is 34.3 Å². The Hall–Kier alpha value is -3.60. The number of aryl methyl sites for hydroxylation is 2. The molecule has 1 aromatic heterocycles. The summed E-state index contributed by atoms with van der Waals surface area (Å²) in [5.41, 5.74) is 8.14. The van der Waals surface area contributed by atoms with Crippen molar-refractivity contribution >= 4 is 34.0 Å². The van der Waals surface area contributed by atoms with Gasteiger partial charge in [-0.15, -0.1) is 0 Å². The van der Waals surface area contributed by atoms with E-state index >= 15 is 0 Å². The van der Waals surface area contributed by atoms with Crippen molar-refractivity contribution in [1.82, 2.24) is 4.98 Å². The Bertz CT molecular complexity index is 1370. The van der Waals surface area contributed by atoms with E-state index < -0.39 is 11.7 Å². The van der Waals surface area contributed by atoms with E-state index in [0.717, 1.165) is 67.7 Å². The number of aromatic amines is 1. The number of aromatic nitrogens is 1. The lowest BCUT2D eigenvalue weighted by atomic mass is 9.89. The molecule has 0 aliphatic carbocycles. The summed E-state index contributed by atoms with van der Waals surface area (Å²) in [6.45, 7) is 4.06. The summed E-state index contributed by atoms with van der Waals surface area (Å²) in [5.74, 6) is 0. The third kappa shape index (κ3) is 3.36. The zero-order chi connectivity index (χ0) is 21.8. The summed E-state index contributed by atoms with van der Waals surface area (Å²) in [7, 11) is 0. The Balaban J connectivity index is 1.80. The third-order valence-corrected chi connectivity index (χ3v) is 5.71. The maximum absolute atomic E-state index is 13.2. The van der Waals surface area contributed by atoms with E-state index in [1.165, 1.54) is 0 Å². The molecule has 0 fully saturated rings. The number of fused-ring (bicyclic) bond motifs is 2. The standard InChI is InChI=1S/C26H19F3N2/c1-15-3-9-23-19(11-15)21(13-30-23)25(17-5-7-18(8-6-17)26(27,28)29)22-14-31-24-10-4-16(2)12-20(22)24/h3-14,30H,1-2H3/p+1. The molecule has 2 nitrogen and oxygen atoms in total. The molecule has 0 unspecified atom stereocenters. The SMILES string of the molecule is Cc1ccc2c(c1)C(=C(c1ccc(C(F)(F)F)cc1)c1c[nH]c3ccc(C)cc13)C=[NH+]2. The number of nitrogens with one attached hydrogen (secondary N) is 2. The molecule has 4 aromatic rings. The van der Waals surface area contributed by atoms with Crippen LogP contribution in [0.3, 0.4) is 0 Å². The highest BCUT2D eigenvalue weighted by Crippen LogP contribution is 2.39. The fourth-order valence-electron chi connectivity index (χ4n) is 4.16. The van der Waals surface area contributed by atoms with Gasteiger partial charge in [0.1, 0.15) is 0 Å². The number of hydrogen-bond acceptors (Lipinski definition) is 0. The fraction of sp³-hybridized carbons (Fsp3) is 0.115. The molecule has 1 aliphatic rings. The first-order valence-electron chi connectivity index (χ1n) is 10.0. The van der Waals surface area contributed by atoms with Crippen molar-refractivity contribution in [3.8, 4) is 0 Å². The maximum atomic E-state index is 13.2. The van der Waals surface area contributed by atoms with Gasteiger partial charge in [0.25, 0.3) is 0 Å². The van der Waals surface area contributed by atoms with Crippen LogP contribution in [-0.2, 0) is 6.18 Å². The lowest BCUT2D eigenvalue weighted by molar-refractivity contribution is -0.342. The van der Waals surface area contributed by atoms with Crippen LogP contribution < -0.4 is 4.99 Å². The Kier molecular flexibility index (Phi) is 4.36. The molecule has 154 valence electrons. The van der Waals surface area contributed by atoms with Crippen molar-refractivity contribution in [2.45, 2.75) is 20.0 Å². The van der Waals surface area contributed by atoms with Crippen LogP contribution in [-0.4, -0.2) is 11.2 Å². The first kappa shape index (κ1) is 19.4. The second-order valence-electron chi connectivity index (χ2n) is 7.95. The molecule has 3 aromatic carbocycles. The smallest absolute Gasteiger partial charge is 0.361 e. The van der Waals surface area contributed by atoms with Crippen molar-refractivity contribution in [2.75, 3.05) is 0 Å². The van der Waals surface area contributed by atoms with E-state index in [4.69, 9.17) is 0 Å². The molecule has 5 heteroatoms. The third-order valence-electron chi connectivity index (χ3n) is 5.71. The summed E-state index contributed by atoms with van der Waals surface area (Å²) in [6.07, 6.45) is -0.494. The van der Waals surface area contributed by atoms with E-state index in [2.05, 4.69) is 22.1 Å². The molecule has 2 heterocycles. The van der Waals surface area contributed by atoms with Crippen molar-refractivity contribution in [1.29, 1.82) is 0 Å². The average Bonchev–Trinajstić information content (AvgIpc) is 3.33. The first-order chi connectivity index (χ1) is 14.8. The molecule has 2 N–H and O–H groups in total. The minimum atomic E-state index is -4.37. The second-order valence-corrected chi connectivity index (χ2v) is 7.95. The zero-order valence-corrected chi connectivity index (χ0v) is 17.1. The molecule has 5 rings (SSSR count). The maximum Gasteiger partial charge on any atom is 0.416 e. The van der Waals surface area contributed by atoms with Gasteiger partial charge >= 0.3 is 6.18 Å². The fourth-order valence-corrected chi connectivity index (χ4v) is 4.16. The van der Waals surface area contributed by atoms with Crippen LogP contribution in [0.5, 0.6) is 0 Å². The topological polar surface area (TPSA) is 29.8 Å². The summed E-state index contributed by atoms with van der Waals surface area (Å²) in [5, 5.41) is 1.04. The molecule has 0 bridgehead atoms. The van der Waals surface area contributed by atoms with Gasteiger partial charge in [0.2, 0.25) is 5.69 Å². The van der Waals surface area contributed by atoms with Crippen molar-refractivity contribution < 1.29 is 18.2 Å². The number of benzene rings is 3. The van der Waals surface area contributed by atoms with E-state index in [0.29, 0.717) is 0 Å². The number of rotatable bonds is 2. The number of halogens is 3. The van der Waals surface area contributed by atoms with Gasteiger partial charge in [-0.3, -0.25) is 0 Å². The number of alkyl halides is 3. The molecule has 1 aliphatic heterocycles. The minimum Gasteiger partial charge on any atom is -0.361 e. The van der Waals surface area contributed by atoms with Gasteiger partial charge in [-0.2, -0.15) is 13.2 Å². The summed E-state index contributed by atoms with van der Waals surface area (Å²) < 4.78 is 39.5. The van der Waals surface area contributed by atoms with Crippen LogP contribution in [0.1, 0.15) is 33.4 Å². The number of allylic oxidation sites excluding steroid dienone is 1. The average molecular weight is 417 g/mol. The largest absolute Gasteiger partial charge is 0.416 e. The monoisotopic (exact) mass is 417 g/mol. The molecule has 0 atom stereocenters. The highest BCUT2D eigenvalue weighted by atomic mass is 19.4. The van der Waals surface area contributed by atoms with Crippen LogP contribution in [0.25, 0.3) is 22.0 Å². The van der Waals surface area contributed by atoms with Crippen molar-refractivity contribution in [3.63, 3.8) is 0 Å². The van der Waals surface area contributed by atoms with E-state index in [-0.39, 0.29) is 0 Å². The lowest BCUT2D eigenvalue weighted by Crippen LogP contribution is -2.58. The zero-order valence-electron chi connectivity index (χ0n) is 17.1. The predicted octanol–water partition coefficient (Wildman–Crippen LogP) is 5.56. The minimum absolute atomic E-state index is 0.653. The number of H-pyrrole nitrogens is 1. The van der Waals surface area contributed by atoms with Crippen molar-refractivity contribution in [3.05, 3.63) is 100 Å². The second kappa shape index (κ2) is 6.98. The lowest BCUT2D eigenvalue weighted by Gasteiger charge is -2.13. The van der Waals surface area contributed by atoms with E-state index in [1.807, 2.05) is 50.5 Å². The Labute approximate surface area is 177 Å². The van der Waals surface area contributed by atoms with Crippen LogP contribution >= 0.6 is 0 Å². The number of hydrogen-bond donors (Lipinski definition) is 2. The Morgan fingerprint density at radius 1 is 0.871 bits per heavy atom. The van der Waals surface area contributed by atoms with Crippen molar-refractivity contribution in [2.24, 2.45) is 0 Å². The molecule has 31 heavy (non-hydrogen) atoms. The summed E-state index contributed by atoms with van der Waals surface area (Å²) >= 11 is 0. The molecule has 0 saturated heterocycles. The molecular weight excluding hydrogens is 397 g/mol. The van der Waals surface area contributed by atoms with Gasteiger partial charge in [0.05, 0.1) is 16.7 Å². The molecule has 0 spiro atoms. The Morgan fingerprint density at radius 2 is 1.58 bits per heavy atom. The first-order valence-corrected chi connectivity index (χ1v) is 10.0. The Morgan fingerprint density at radius 3 is 2.32 bits per heavy atom. The molecule has 0 radical (unpaired) electrons.